The molecule has 0 atom stereocenters. The van der Waals surface area contributed by atoms with E-state index in [4.69, 9.17) is 17.3 Å². The van der Waals surface area contributed by atoms with Gasteiger partial charge in [-0.25, -0.2) is 4.79 Å². The van der Waals surface area contributed by atoms with E-state index < -0.39 is 6.09 Å². The molecular formula is C11H14N2O2S. The smallest absolute Gasteiger partial charge is 0.410 e. The van der Waals surface area contributed by atoms with Gasteiger partial charge in [-0.3, -0.25) is 5.32 Å². The fourth-order valence-electron chi connectivity index (χ4n) is 1.24. The van der Waals surface area contributed by atoms with Crippen molar-refractivity contribution in [2.45, 2.75) is 19.8 Å². The molecule has 1 amide bonds. The molecule has 0 radical (unpaired) electrons. The predicted molar refractivity (Wildman–Crippen MR) is 67.9 cm³/mol. The summed E-state index contributed by atoms with van der Waals surface area (Å²) in [5.74, 6) is 0.419. The fourth-order valence-corrected chi connectivity index (χ4v) is 1.44. The van der Waals surface area contributed by atoms with Crippen molar-refractivity contribution in [2.24, 2.45) is 0 Å². The van der Waals surface area contributed by atoms with Crippen LogP contribution in [0, 0.1) is 0 Å². The number of anilines is 1. The summed E-state index contributed by atoms with van der Waals surface area (Å²) in [4.78, 5) is 10.3. The van der Waals surface area contributed by atoms with E-state index in [2.05, 4.69) is 24.5 Å². The first-order valence-electron chi connectivity index (χ1n) is 4.90. The van der Waals surface area contributed by atoms with Crippen LogP contribution < -0.4 is 10.6 Å². The first kappa shape index (κ1) is 12.4. The standard InChI is InChI=1S/C11H14N2O2S/c1-7(2)8-4-3-5-9(6-8)12-10(16)13-11(14)15/h3-7H,1-2H3,(H,14,15)(H2,12,13,16). The number of benzene rings is 1. The Morgan fingerprint density at radius 3 is 2.69 bits per heavy atom. The molecule has 0 aliphatic rings. The minimum Gasteiger partial charge on any atom is -0.465 e. The Morgan fingerprint density at radius 2 is 2.12 bits per heavy atom. The average Bonchev–Trinajstić information content (AvgIpc) is 2.16. The van der Waals surface area contributed by atoms with Gasteiger partial charge in [-0.15, -0.1) is 0 Å². The highest BCUT2D eigenvalue weighted by atomic mass is 32.1. The predicted octanol–water partition coefficient (Wildman–Crippen LogP) is 2.77. The third-order valence-electron chi connectivity index (χ3n) is 2.03. The van der Waals surface area contributed by atoms with E-state index in [1.54, 1.807) is 0 Å². The first-order valence-corrected chi connectivity index (χ1v) is 5.30. The zero-order valence-electron chi connectivity index (χ0n) is 9.15. The highest BCUT2D eigenvalue weighted by Gasteiger charge is 2.03. The largest absolute Gasteiger partial charge is 0.465 e. The summed E-state index contributed by atoms with van der Waals surface area (Å²) in [5.41, 5.74) is 1.95. The van der Waals surface area contributed by atoms with Crippen LogP contribution in [0.15, 0.2) is 24.3 Å². The second-order valence-electron chi connectivity index (χ2n) is 3.66. The summed E-state index contributed by atoms with van der Waals surface area (Å²) in [6, 6.07) is 7.70. The molecule has 0 unspecified atom stereocenters. The van der Waals surface area contributed by atoms with E-state index in [0.717, 1.165) is 5.69 Å². The Labute approximate surface area is 99.7 Å². The number of hydrogen-bond donors (Lipinski definition) is 3. The van der Waals surface area contributed by atoms with Gasteiger partial charge in [0, 0.05) is 5.69 Å². The fraction of sp³-hybridized carbons (Fsp3) is 0.273. The van der Waals surface area contributed by atoms with Crippen LogP contribution in [0.25, 0.3) is 0 Å². The lowest BCUT2D eigenvalue weighted by molar-refractivity contribution is 0.200. The Hall–Kier alpha value is -1.62. The van der Waals surface area contributed by atoms with Crippen molar-refractivity contribution in [2.75, 3.05) is 5.32 Å². The topological polar surface area (TPSA) is 61.4 Å². The van der Waals surface area contributed by atoms with Gasteiger partial charge in [0.05, 0.1) is 0 Å². The molecule has 3 N–H and O–H groups in total. The molecule has 1 rings (SSSR count). The van der Waals surface area contributed by atoms with Gasteiger partial charge in [-0.1, -0.05) is 26.0 Å². The summed E-state index contributed by atoms with van der Waals surface area (Å²) >= 11 is 4.82. The maximum Gasteiger partial charge on any atom is 0.410 e. The first-order chi connectivity index (χ1) is 7.49. The summed E-state index contributed by atoms with van der Waals surface area (Å²) in [6.07, 6.45) is -1.17. The zero-order valence-corrected chi connectivity index (χ0v) is 9.97. The van der Waals surface area contributed by atoms with Crippen molar-refractivity contribution in [3.8, 4) is 0 Å². The Kier molecular flexibility index (Phi) is 4.25. The molecule has 0 aliphatic heterocycles. The monoisotopic (exact) mass is 238 g/mol. The van der Waals surface area contributed by atoms with E-state index in [1.807, 2.05) is 24.3 Å². The van der Waals surface area contributed by atoms with Crippen LogP contribution in [0.5, 0.6) is 0 Å². The number of thiocarbonyl (C=S) groups is 1. The molecule has 4 nitrogen and oxygen atoms in total. The summed E-state index contributed by atoms with van der Waals surface area (Å²) in [6.45, 7) is 4.18. The molecule has 5 heteroatoms. The van der Waals surface area contributed by atoms with Crippen LogP contribution >= 0.6 is 12.2 Å². The second-order valence-corrected chi connectivity index (χ2v) is 4.07. The lowest BCUT2D eigenvalue weighted by Gasteiger charge is -2.10. The summed E-state index contributed by atoms with van der Waals surface area (Å²) in [5, 5.41) is 13.4. The molecular weight excluding hydrogens is 224 g/mol. The highest BCUT2D eigenvalue weighted by Crippen LogP contribution is 2.18. The normalized spacial score (nSPS) is 9.94. The SMILES string of the molecule is CC(C)c1cccc(NC(=S)NC(=O)O)c1. The van der Waals surface area contributed by atoms with E-state index >= 15 is 0 Å². The van der Waals surface area contributed by atoms with Crippen molar-refractivity contribution in [3.05, 3.63) is 29.8 Å². The van der Waals surface area contributed by atoms with Crippen molar-refractivity contribution in [1.82, 2.24) is 5.32 Å². The van der Waals surface area contributed by atoms with Gasteiger partial charge < -0.3 is 10.4 Å². The number of amides is 1. The molecule has 0 aromatic heterocycles. The van der Waals surface area contributed by atoms with Crippen molar-refractivity contribution < 1.29 is 9.90 Å². The zero-order chi connectivity index (χ0) is 12.1. The van der Waals surface area contributed by atoms with E-state index in [-0.39, 0.29) is 5.11 Å². The van der Waals surface area contributed by atoms with Crippen LogP contribution in [-0.4, -0.2) is 16.3 Å². The molecule has 0 heterocycles. The maximum absolute atomic E-state index is 10.3. The quantitative estimate of drug-likeness (QED) is 0.693. The van der Waals surface area contributed by atoms with E-state index in [1.165, 1.54) is 5.56 Å². The Balaban J connectivity index is 2.70. The minimum absolute atomic E-state index is 0.0772. The molecule has 0 aliphatic carbocycles. The van der Waals surface area contributed by atoms with Crippen molar-refractivity contribution in [3.63, 3.8) is 0 Å². The number of nitrogens with one attached hydrogen (secondary N) is 2. The Morgan fingerprint density at radius 1 is 1.44 bits per heavy atom. The van der Waals surface area contributed by atoms with Crippen LogP contribution in [0.2, 0.25) is 0 Å². The lowest BCUT2D eigenvalue weighted by atomic mass is 10.0. The van der Waals surface area contributed by atoms with Gasteiger partial charge >= 0.3 is 6.09 Å². The minimum atomic E-state index is -1.17. The molecule has 0 spiro atoms. The van der Waals surface area contributed by atoms with Gasteiger partial charge in [0.1, 0.15) is 0 Å². The van der Waals surface area contributed by atoms with E-state index in [9.17, 15) is 4.79 Å². The number of carboxylic acid groups (broad SMARTS) is 1. The maximum atomic E-state index is 10.3. The average molecular weight is 238 g/mol. The molecule has 1 aromatic carbocycles. The van der Waals surface area contributed by atoms with Gasteiger partial charge in [-0.2, -0.15) is 0 Å². The van der Waals surface area contributed by atoms with Gasteiger partial charge in [0.15, 0.2) is 5.11 Å². The van der Waals surface area contributed by atoms with Crippen LogP contribution in [0.1, 0.15) is 25.3 Å². The second kappa shape index (κ2) is 5.46. The molecule has 0 saturated heterocycles. The van der Waals surface area contributed by atoms with Crippen LogP contribution in [0.4, 0.5) is 10.5 Å². The van der Waals surface area contributed by atoms with Crippen LogP contribution in [-0.2, 0) is 0 Å². The number of rotatable bonds is 2. The molecule has 0 saturated carbocycles. The third-order valence-corrected chi connectivity index (χ3v) is 2.24. The van der Waals surface area contributed by atoms with Crippen molar-refractivity contribution in [1.29, 1.82) is 0 Å². The number of carbonyl (C=O) groups is 1. The number of hydrogen-bond acceptors (Lipinski definition) is 2. The van der Waals surface area contributed by atoms with Gasteiger partial charge in [0.25, 0.3) is 0 Å². The van der Waals surface area contributed by atoms with Crippen molar-refractivity contribution >= 4 is 29.1 Å². The molecule has 86 valence electrons. The molecule has 0 bridgehead atoms. The third kappa shape index (κ3) is 3.86. The van der Waals surface area contributed by atoms with E-state index in [0.29, 0.717) is 5.92 Å². The Bertz CT molecular complexity index is 405. The summed E-state index contributed by atoms with van der Waals surface area (Å²) in [7, 11) is 0. The highest BCUT2D eigenvalue weighted by molar-refractivity contribution is 7.80. The van der Waals surface area contributed by atoms with Gasteiger partial charge in [0.2, 0.25) is 0 Å². The van der Waals surface area contributed by atoms with Gasteiger partial charge in [-0.05, 0) is 35.8 Å². The van der Waals surface area contributed by atoms with Crippen LogP contribution in [0.3, 0.4) is 0 Å². The summed E-state index contributed by atoms with van der Waals surface area (Å²) < 4.78 is 0. The molecule has 0 fully saturated rings. The molecule has 16 heavy (non-hydrogen) atoms. The lowest BCUT2D eigenvalue weighted by Crippen LogP contribution is -2.32. The molecule has 1 aromatic rings.